The van der Waals surface area contributed by atoms with Crippen molar-refractivity contribution in [2.75, 3.05) is 0 Å². The Morgan fingerprint density at radius 2 is 2.08 bits per heavy atom. The minimum absolute atomic E-state index is 0.463. The Kier molecular flexibility index (Phi) is 2.67. The van der Waals surface area contributed by atoms with Crippen molar-refractivity contribution in [3.63, 3.8) is 0 Å². The Hall–Kier alpha value is -0.380. The molecule has 0 radical (unpaired) electrons. The summed E-state index contributed by atoms with van der Waals surface area (Å²) >= 11 is 5.16. The summed E-state index contributed by atoms with van der Waals surface area (Å²) in [5.41, 5.74) is 3.17. The lowest BCUT2D eigenvalue weighted by molar-refractivity contribution is -0.456. The molecule has 3 unspecified atom stereocenters. The molecule has 1 N–H and O–H groups in total. The van der Waals surface area contributed by atoms with Gasteiger partial charge in [0.2, 0.25) is 0 Å². The van der Waals surface area contributed by atoms with Crippen LogP contribution in [0.3, 0.4) is 0 Å². The van der Waals surface area contributed by atoms with E-state index in [0.29, 0.717) is 18.0 Å². The Morgan fingerprint density at radius 1 is 1.31 bits per heavy atom. The van der Waals surface area contributed by atoms with Gasteiger partial charge in [-0.05, 0) is 19.3 Å². The quantitative estimate of drug-likeness (QED) is 0.475. The predicted octanol–water partition coefficient (Wildman–Crippen LogP) is 1.77. The van der Waals surface area contributed by atoms with Gasteiger partial charge in [-0.25, -0.2) is 0 Å². The van der Waals surface area contributed by atoms with Crippen molar-refractivity contribution in [3.8, 4) is 0 Å². The maximum absolute atomic E-state index is 5.16. The first-order valence-corrected chi connectivity index (χ1v) is 5.58. The van der Waals surface area contributed by atoms with Crippen LogP contribution in [0, 0.1) is 5.92 Å². The van der Waals surface area contributed by atoms with Gasteiger partial charge in [0.05, 0.1) is 5.22 Å². The molecule has 0 aromatic carbocycles. The van der Waals surface area contributed by atoms with Crippen LogP contribution in [-0.4, -0.2) is 16.2 Å². The van der Waals surface area contributed by atoms with E-state index in [1.807, 2.05) is 0 Å². The molecule has 4 heteroatoms. The first-order valence-electron chi connectivity index (χ1n) is 5.21. The van der Waals surface area contributed by atoms with Crippen LogP contribution in [0.15, 0.2) is 5.22 Å². The summed E-state index contributed by atoms with van der Waals surface area (Å²) in [4.78, 5) is 0. The van der Waals surface area contributed by atoms with Crippen molar-refractivity contribution in [2.45, 2.75) is 51.1 Å². The van der Waals surface area contributed by atoms with Crippen molar-refractivity contribution in [3.05, 3.63) is 0 Å². The molecule has 0 spiro atoms. The fraction of sp³-hybridized carbons (Fsp3) is 1.00. The predicted molar refractivity (Wildman–Crippen MR) is 53.0 cm³/mol. The van der Waals surface area contributed by atoms with E-state index in [9.17, 15) is 0 Å². The summed E-state index contributed by atoms with van der Waals surface area (Å²) in [6.07, 6.45) is 6.54. The molecule has 2 rings (SSSR count). The van der Waals surface area contributed by atoms with E-state index in [4.69, 9.17) is 12.8 Å². The monoisotopic (exact) mass is 199 g/mol. The van der Waals surface area contributed by atoms with E-state index in [0.717, 1.165) is 0 Å². The molecule has 74 valence electrons. The lowest BCUT2D eigenvalue weighted by atomic mass is 9.86. The molecule has 1 saturated carbocycles. The molecule has 13 heavy (non-hydrogen) atoms. The van der Waals surface area contributed by atoms with Crippen LogP contribution >= 0.6 is 0 Å². The highest BCUT2D eigenvalue weighted by molar-refractivity contribution is 7.51. The van der Waals surface area contributed by atoms with E-state index < -0.39 is 0 Å². The maximum Gasteiger partial charge on any atom is 0.157 e. The van der Waals surface area contributed by atoms with Crippen molar-refractivity contribution in [1.29, 1.82) is 0 Å². The van der Waals surface area contributed by atoms with Gasteiger partial charge >= 0.3 is 0 Å². The lowest BCUT2D eigenvalue weighted by Gasteiger charge is -2.25. The second-order valence-electron chi connectivity index (χ2n) is 4.24. The lowest BCUT2D eigenvalue weighted by Crippen LogP contribution is -2.40. The SMILES string of the molecule is CC1CCCCCC2C1NN=[N+]2[S-]. The number of nitrogens with one attached hydrogen (secondary N) is 1. The zero-order chi connectivity index (χ0) is 9.26. The van der Waals surface area contributed by atoms with Crippen LogP contribution in [-0.2, 0) is 12.8 Å². The second-order valence-corrected chi connectivity index (χ2v) is 4.61. The van der Waals surface area contributed by atoms with E-state index >= 15 is 0 Å². The molecule has 0 amide bonds. The normalized spacial score (nSPS) is 39.8. The van der Waals surface area contributed by atoms with E-state index in [1.165, 1.54) is 32.1 Å². The molecule has 1 fully saturated rings. The van der Waals surface area contributed by atoms with Gasteiger partial charge in [-0.3, -0.25) is 4.10 Å². The minimum Gasteiger partial charge on any atom is -0.533 e. The fourth-order valence-electron chi connectivity index (χ4n) is 2.39. The highest BCUT2D eigenvalue weighted by Crippen LogP contribution is 2.26. The van der Waals surface area contributed by atoms with Gasteiger partial charge in [0.15, 0.2) is 6.04 Å². The van der Waals surface area contributed by atoms with Gasteiger partial charge in [0.1, 0.15) is 6.04 Å². The maximum atomic E-state index is 5.16. The van der Waals surface area contributed by atoms with Crippen LogP contribution in [0.2, 0.25) is 0 Å². The standard InChI is InChI=1S/C9H17N3S/c1-7-5-3-2-4-6-8-9(7)10-11-12(8)13/h7-10H,2-6H2,1H3. The van der Waals surface area contributed by atoms with E-state index in [2.05, 4.69) is 17.6 Å². The summed E-state index contributed by atoms with van der Waals surface area (Å²) in [7, 11) is 0. The highest BCUT2D eigenvalue weighted by atomic mass is 32.1. The average Bonchev–Trinajstić information content (AvgIpc) is 2.43. The topological polar surface area (TPSA) is 27.4 Å². The average molecular weight is 199 g/mol. The zero-order valence-corrected chi connectivity index (χ0v) is 8.89. The molecule has 2 aliphatic rings. The molecule has 1 heterocycles. The van der Waals surface area contributed by atoms with E-state index in [-0.39, 0.29) is 0 Å². The molecule has 0 bridgehead atoms. The van der Waals surface area contributed by atoms with Crippen molar-refractivity contribution >= 4 is 12.8 Å². The molecular formula is C9H17N3S. The van der Waals surface area contributed by atoms with Crippen LogP contribution in [0.4, 0.5) is 0 Å². The molecule has 0 aromatic rings. The van der Waals surface area contributed by atoms with Gasteiger partial charge in [-0.2, -0.15) is 5.43 Å². The van der Waals surface area contributed by atoms with Crippen LogP contribution in [0.25, 0.3) is 0 Å². The molecule has 1 aliphatic heterocycles. The molecule has 0 aromatic heterocycles. The van der Waals surface area contributed by atoms with Crippen LogP contribution < -0.4 is 5.43 Å². The van der Waals surface area contributed by atoms with Gasteiger partial charge in [-0.1, -0.05) is 19.8 Å². The number of rotatable bonds is 0. The molecule has 3 atom stereocenters. The Bertz CT molecular complexity index is 217. The van der Waals surface area contributed by atoms with Gasteiger partial charge < -0.3 is 12.8 Å². The summed E-state index contributed by atoms with van der Waals surface area (Å²) in [6, 6.07) is 0.961. The fourth-order valence-corrected chi connectivity index (χ4v) is 2.68. The van der Waals surface area contributed by atoms with Gasteiger partial charge in [0, 0.05) is 5.92 Å². The third kappa shape index (κ3) is 1.77. The van der Waals surface area contributed by atoms with Crippen LogP contribution in [0.1, 0.15) is 39.0 Å². The first-order chi connectivity index (χ1) is 6.29. The molecular weight excluding hydrogens is 182 g/mol. The number of nitrogens with zero attached hydrogens (tertiary/aromatic N) is 2. The second kappa shape index (κ2) is 3.78. The van der Waals surface area contributed by atoms with Crippen LogP contribution in [0.5, 0.6) is 0 Å². The molecule has 3 nitrogen and oxygen atoms in total. The summed E-state index contributed by atoms with van der Waals surface area (Å²) in [5.74, 6) is 0.710. The van der Waals surface area contributed by atoms with E-state index in [1.54, 1.807) is 4.10 Å². The largest absolute Gasteiger partial charge is 0.533 e. The summed E-state index contributed by atoms with van der Waals surface area (Å²) in [5, 5.41) is 4.11. The third-order valence-electron chi connectivity index (χ3n) is 3.28. The van der Waals surface area contributed by atoms with Gasteiger partial charge in [-0.15, -0.1) is 0 Å². The number of hydrogen-bond acceptors (Lipinski definition) is 3. The smallest absolute Gasteiger partial charge is 0.157 e. The van der Waals surface area contributed by atoms with Crippen molar-refractivity contribution < 1.29 is 4.10 Å². The molecule has 0 saturated heterocycles. The summed E-state index contributed by atoms with van der Waals surface area (Å²) < 4.78 is 1.70. The summed E-state index contributed by atoms with van der Waals surface area (Å²) in [6.45, 7) is 2.31. The Morgan fingerprint density at radius 3 is 2.92 bits per heavy atom. The zero-order valence-electron chi connectivity index (χ0n) is 8.07. The number of hydrogen-bond donors (Lipinski definition) is 1. The number of fused-ring (bicyclic) bond motifs is 1. The highest BCUT2D eigenvalue weighted by Gasteiger charge is 2.37. The van der Waals surface area contributed by atoms with Gasteiger partial charge in [0.25, 0.3) is 0 Å². The molecule has 1 aliphatic carbocycles. The van der Waals surface area contributed by atoms with Crippen molar-refractivity contribution in [1.82, 2.24) is 5.43 Å². The Labute approximate surface area is 85.1 Å². The third-order valence-corrected chi connectivity index (χ3v) is 3.63. The first kappa shape index (κ1) is 9.19. The van der Waals surface area contributed by atoms with Crippen molar-refractivity contribution in [2.24, 2.45) is 11.1 Å². The Balaban J connectivity index is 2.07. The minimum atomic E-state index is 0.463.